The minimum atomic E-state index is -0.872. The molecule has 2 aromatic carbocycles. The largest absolute Gasteiger partial charge is 0.494 e. The Bertz CT molecular complexity index is 871. The van der Waals surface area contributed by atoms with Crippen LogP contribution in [-0.4, -0.2) is 36.7 Å². The molecule has 0 heterocycles. The lowest BCUT2D eigenvalue weighted by Gasteiger charge is -2.07. The first-order chi connectivity index (χ1) is 16.3. The highest BCUT2D eigenvalue weighted by atomic mass is 17.0. The molecular formula is C24H33N3O7. The maximum absolute atomic E-state index is 10.8. The van der Waals surface area contributed by atoms with E-state index in [1.165, 1.54) is 33.1 Å². The van der Waals surface area contributed by atoms with Crippen LogP contribution in [-0.2, 0) is 14.4 Å². The number of ether oxygens (including phenoxy) is 2. The summed E-state index contributed by atoms with van der Waals surface area (Å²) in [7, 11) is 0. The number of hydrogen-bond acceptors (Lipinski definition) is 7. The van der Waals surface area contributed by atoms with Crippen LogP contribution in [0.1, 0.15) is 46.5 Å². The zero-order valence-corrected chi connectivity index (χ0v) is 19.9. The Morgan fingerprint density at radius 3 is 1.65 bits per heavy atom. The maximum Gasteiger partial charge on any atom is 0.294 e. The number of nitrogens with zero attached hydrogens (tertiary/aromatic N) is 1. The first-order valence-electron chi connectivity index (χ1n) is 11.1. The van der Waals surface area contributed by atoms with E-state index in [-0.39, 0.29) is 25.0 Å². The molecule has 0 atom stereocenters. The van der Waals surface area contributed by atoms with Crippen LogP contribution in [0.2, 0.25) is 0 Å². The van der Waals surface area contributed by atoms with Gasteiger partial charge in [0.15, 0.2) is 0 Å². The number of hydrogen-bond donors (Lipinski definition) is 2. The molecule has 0 unspecified atom stereocenters. The van der Waals surface area contributed by atoms with Crippen LogP contribution >= 0.6 is 0 Å². The van der Waals surface area contributed by atoms with E-state index in [1.54, 1.807) is 24.3 Å². The number of carbonyl (C=O) groups excluding carboxylic acids is 2. The van der Waals surface area contributed by atoms with Gasteiger partial charge in [-0.3, -0.25) is 9.59 Å². The highest BCUT2D eigenvalue weighted by Crippen LogP contribution is 2.16. The molecule has 34 heavy (non-hydrogen) atoms. The lowest BCUT2D eigenvalue weighted by molar-refractivity contribution is -0.757. The molecule has 0 bridgehead atoms. The van der Waals surface area contributed by atoms with E-state index in [1.807, 2.05) is 24.3 Å². The third-order valence-electron chi connectivity index (χ3n) is 4.16. The number of benzene rings is 2. The Morgan fingerprint density at radius 2 is 1.24 bits per heavy atom. The van der Waals surface area contributed by atoms with Gasteiger partial charge in [0, 0.05) is 25.2 Å². The van der Waals surface area contributed by atoms with Gasteiger partial charge in [0.2, 0.25) is 11.8 Å². The van der Waals surface area contributed by atoms with Crippen LogP contribution in [0.5, 0.6) is 11.5 Å². The molecule has 0 saturated carbocycles. The van der Waals surface area contributed by atoms with E-state index in [0.717, 1.165) is 24.5 Å². The molecule has 0 aliphatic heterocycles. The van der Waals surface area contributed by atoms with E-state index in [4.69, 9.17) is 9.47 Å². The summed E-state index contributed by atoms with van der Waals surface area (Å²) in [6.07, 6.45) is 4.83. The van der Waals surface area contributed by atoms with E-state index < -0.39 is 5.09 Å². The summed E-state index contributed by atoms with van der Waals surface area (Å²) in [4.78, 5) is 35.5. The monoisotopic (exact) mass is 475 g/mol. The summed E-state index contributed by atoms with van der Waals surface area (Å²) in [5.41, 5.74) is 1.46. The predicted molar refractivity (Wildman–Crippen MR) is 130 cm³/mol. The topological polar surface area (TPSA) is 129 Å². The van der Waals surface area contributed by atoms with Crippen molar-refractivity contribution < 1.29 is 29.0 Å². The molecule has 10 nitrogen and oxygen atoms in total. The Kier molecular flexibility index (Phi) is 13.9. The van der Waals surface area contributed by atoms with Crippen LogP contribution in [0, 0.1) is 10.1 Å². The zero-order chi connectivity index (χ0) is 25.2. The molecule has 0 aromatic heterocycles. The van der Waals surface area contributed by atoms with Gasteiger partial charge in [0.25, 0.3) is 5.09 Å². The van der Waals surface area contributed by atoms with Gasteiger partial charge in [-0.05, 0) is 55.0 Å². The van der Waals surface area contributed by atoms with Crippen LogP contribution in [0.4, 0.5) is 11.4 Å². The molecule has 10 heteroatoms. The van der Waals surface area contributed by atoms with Crippen LogP contribution in [0.15, 0.2) is 48.5 Å². The summed E-state index contributed by atoms with van der Waals surface area (Å²) in [5.74, 6) is 1.19. The van der Waals surface area contributed by atoms with Crippen molar-refractivity contribution in [3.63, 3.8) is 0 Å². The van der Waals surface area contributed by atoms with Gasteiger partial charge in [-0.25, -0.2) is 0 Å². The number of carbonyl (C=O) groups is 2. The van der Waals surface area contributed by atoms with Crippen molar-refractivity contribution in [1.29, 1.82) is 0 Å². The molecule has 186 valence electrons. The second-order valence-electron chi connectivity index (χ2n) is 7.23. The molecule has 2 aromatic rings. The summed E-state index contributed by atoms with van der Waals surface area (Å²) in [5, 5.41) is 14.3. The number of amides is 2. The average molecular weight is 476 g/mol. The standard InChI is InChI=1S/C14H21NO2.C10H12N2O5/c1-3-4-5-6-11-17-14-9-7-13(8-10-14)15-12(2)16;1-8(13)11-9-2-4-10(5-3-9)16-6-7-17-12(14)15/h7-10H,3-6,11H2,1-2H3,(H,15,16);2-5H,6-7H2,1H3,(H,11,13). The van der Waals surface area contributed by atoms with Gasteiger partial charge in [-0.15, -0.1) is 10.1 Å². The fourth-order valence-electron chi connectivity index (χ4n) is 2.67. The highest BCUT2D eigenvalue weighted by molar-refractivity contribution is 5.89. The summed E-state index contributed by atoms with van der Waals surface area (Å²) in [6.45, 7) is 5.83. The molecular weight excluding hydrogens is 442 g/mol. The van der Waals surface area contributed by atoms with Crippen LogP contribution < -0.4 is 20.1 Å². The molecule has 2 amide bonds. The molecule has 0 saturated heterocycles. The predicted octanol–water partition coefficient (Wildman–Crippen LogP) is 4.84. The number of rotatable bonds is 13. The first kappa shape index (κ1) is 28.2. The fraction of sp³-hybridized carbons (Fsp3) is 0.417. The second-order valence-corrected chi connectivity index (χ2v) is 7.23. The van der Waals surface area contributed by atoms with Crippen molar-refractivity contribution >= 4 is 23.2 Å². The smallest absolute Gasteiger partial charge is 0.294 e. The zero-order valence-electron chi connectivity index (χ0n) is 19.9. The second kappa shape index (κ2) is 16.8. The molecule has 2 rings (SSSR count). The van der Waals surface area contributed by atoms with Gasteiger partial charge in [-0.2, -0.15) is 0 Å². The van der Waals surface area contributed by atoms with Crippen molar-refractivity contribution in [2.24, 2.45) is 0 Å². The molecule has 0 aliphatic carbocycles. The Balaban J connectivity index is 0.000000340. The number of unbranched alkanes of at least 4 members (excludes halogenated alkanes) is 3. The van der Waals surface area contributed by atoms with Gasteiger partial charge < -0.3 is 24.9 Å². The first-order valence-corrected chi connectivity index (χ1v) is 11.1. The lowest BCUT2D eigenvalue weighted by Crippen LogP contribution is -2.10. The van der Waals surface area contributed by atoms with Crippen molar-refractivity contribution in [2.75, 3.05) is 30.5 Å². The average Bonchev–Trinajstić information content (AvgIpc) is 2.78. The van der Waals surface area contributed by atoms with Gasteiger partial charge >= 0.3 is 0 Å². The van der Waals surface area contributed by atoms with Crippen molar-refractivity contribution in [1.82, 2.24) is 0 Å². The van der Waals surface area contributed by atoms with E-state index in [9.17, 15) is 19.7 Å². The lowest BCUT2D eigenvalue weighted by atomic mass is 10.2. The maximum atomic E-state index is 10.8. The summed E-state index contributed by atoms with van der Waals surface area (Å²) < 4.78 is 10.8. The highest BCUT2D eigenvalue weighted by Gasteiger charge is 1.99. The van der Waals surface area contributed by atoms with Gasteiger partial charge in [0.05, 0.1) is 6.61 Å². The van der Waals surface area contributed by atoms with E-state index in [0.29, 0.717) is 11.4 Å². The third kappa shape index (κ3) is 14.3. The summed E-state index contributed by atoms with van der Waals surface area (Å²) >= 11 is 0. The third-order valence-corrected chi connectivity index (χ3v) is 4.16. The van der Waals surface area contributed by atoms with Crippen LogP contribution in [0.3, 0.4) is 0 Å². The number of nitrogens with one attached hydrogen (secondary N) is 2. The molecule has 0 fully saturated rings. The number of anilines is 2. The van der Waals surface area contributed by atoms with Crippen molar-refractivity contribution in [2.45, 2.75) is 46.5 Å². The van der Waals surface area contributed by atoms with E-state index in [2.05, 4.69) is 22.4 Å². The molecule has 0 aliphatic rings. The van der Waals surface area contributed by atoms with Gasteiger partial charge in [0.1, 0.15) is 24.7 Å². The molecule has 0 radical (unpaired) electrons. The minimum absolute atomic E-state index is 0.0572. The molecule has 0 spiro atoms. The van der Waals surface area contributed by atoms with Crippen molar-refractivity contribution in [3.05, 3.63) is 58.6 Å². The molecule has 2 N–H and O–H groups in total. The minimum Gasteiger partial charge on any atom is -0.494 e. The normalized spacial score (nSPS) is 9.74. The van der Waals surface area contributed by atoms with Gasteiger partial charge in [-0.1, -0.05) is 26.2 Å². The Labute approximate surface area is 199 Å². The Morgan fingerprint density at radius 1 is 0.765 bits per heavy atom. The fourth-order valence-corrected chi connectivity index (χ4v) is 2.67. The van der Waals surface area contributed by atoms with Crippen molar-refractivity contribution in [3.8, 4) is 11.5 Å². The van der Waals surface area contributed by atoms with Crippen LogP contribution in [0.25, 0.3) is 0 Å². The quantitative estimate of drug-likeness (QED) is 0.241. The SMILES string of the molecule is CC(=O)Nc1ccc(OCCO[N+](=O)[O-])cc1.CCCCCCOc1ccc(NC(C)=O)cc1. The summed E-state index contributed by atoms with van der Waals surface area (Å²) in [6, 6.07) is 14.1. The van der Waals surface area contributed by atoms with E-state index >= 15 is 0 Å². The Hall–Kier alpha value is -3.82.